The third-order valence-corrected chi connectivity index (χ3v) is 5.86. The van der Waals surface area contributed by atoms with Crippen molar-refractivity contribution in [2.75, 3.05) is 26.4 Å². The Morgan fingerprint density at radius 1 is 0.684 bits per heavy atom. The van der Waals surface area contributed by atoms with Gasteiger partial charge in [0.25, 0.3) is 0 Å². The van der Waals surface area contributed by atoms with Gasteiger partial charge < -0.3 is 18.9 Å². The quantitative estimate of drug-likeness (QED) is 0.115. The zero-order chi connectivity index (χ0) is 27.4. The van der Waals surface area contributed by atoms with E-state index in [0.717, 1.165) is 55.6 Å². The molecule has 0 spiro atoms. The summed E-state index contributed by atoms with van der Waals surface area (Å²) in [7, 11) is 0. The molecule has 7 nitrogen and oxygen atoms in total. The average molecular weight is 522 g/mol. The molecule has 0 saturated heterocycles. The summed E-state index contributed by atoms with van der Waals surface area (Å²) in [6.07, 6.45) is 9.23. The maximum Gasteiger partial charge on any atom is 0.508 e. The fraction of sp³-hybridized carbons (Fsp3) is 0.452. The fourth-order valence-corrected chi connectivity index (χ4v) is 3.69. The van der Waals surface area contributed by atoms with E-state index in [1.807, 2.05) is 48.5 Å². The number of nitriles is 1. The minimum Gasteiger partial charge on any atom is -0.494 e. The van der Waals surface area contributed by atoms with Crippen LogP contribution in [0.5, 0.6) is 5.75 Å². The molecule has 0 aliphatic carbocycles. The van der Waals surface area contributed by atoms with E-state index in [1.54, 1.807) is 6.92 Å². The minimum atomic E-state index is -0.736. The van der Waals surface area contributed by atoms with Crippen molar-refractivity contribution in [1.82, 2.24) is 0 Å². The molecule has 0 aliphatic rings. The standard InChI is InChI=1S/C31H39NO6/c1-25(2)30(33)36-22-23-38-31(34)37-21-11-9-7-5-3-4-6-8-10-20-35-29-18-16-28(17-19-29)27-14-12-26(24-32)13-15-27/h12-19H,1,3-11,20-23H2,2H3. The van der Waals surface area contributed by atoms with Gasteiger partial charge in [-0.1, -0.05) is 75.8 Å². The normalized spacial score (nSPS) is 10.3. The van der Waals surface area contributed by atoms with Crippen molar-refractivity contribution in [2.24, 2.45) is 0 Å². The SMILES string of the molecule is C=C(C)C(=O)OCCOC(=O)OCCCCCCCCCCCOc1ccc(-c2ccc(C#N)cc2)cc1. The molecule has 0 bridgehead atoms. The lowest BCUT2D eigenvalue weighted by Gasteiger charge is -2.08. The smallest absolute Gasteiger partial charge is 0.494 e. The van der Waals surface area contributed by atoms with Crippen LogP contribution < -0.4 is 4.74 Å². The van der Waals surface area contributed by atoms with Gasteiger partial charge in [0, 0.05) is 5.57 Å². The number of esters is 1. The molecule has 0 saturated carbocycles. The van der Waals surface area contributed by atoms with Gasteiger partial charge in [-0.05, 0) is 55.2 Å². The molecular formula is C31H39NO6. The average Bonchev–Trinajstić information content (AvgIpc) is 2.93. The Kier molecular flexibility index (Phi) is 14.8. The maximum absolute atomic E-state index is 11.5. The summed E-state index contributed by atoms with van der Waals surface area (Å²) >= 11 is 0. The zero-order valence-corrected chi connectivity index (χ0v) is 22.4. The fourth-order valence-electron chi connectivity index (χ4n) is 3.69. The number of benzene rings is 2. The van der Waals surface area contributed by atoms with Crippen molar-refractivity contribution in [3.8, 4) is 22.9 Å². The van der Waals surface area contributed by atoms with Crippen molar-refractivity contribution in [2.45, 2.75) is 64.7 Å². The van der Waals surface area contributed by atoms with E-state index in [4.69, 9.17) is 24.2 Å². The Hall–Kier alpha value is -3.79. The van der Waals surface area contributed by atoms with E-state index in [1.165, 1.54) is 25.7 Å². The van der Waals surface area contributed by atoms with Crippen LogP contribution in [0.2, 0.25) is 0 Å². The number of nitrogens with zero attached hydrogens (tertiary/aromatic N) is 1. The number of unbranched alkanes of at least 4 members (excludes halogenated alkanes) is 8. The topological polar surface area (TPSA) is 94.8 Å². The van der Waals surface area contributed by atoms with Crippen LogP contribution in [0.1, 0.15) is 70.3 Å². The summed E-state index contributed by atoms with van der Waals surface area (Å²) in [5.74, 6) is 0.375. The Labute approximate surface area is 226 Å². The molecule has 0 aliphatic heterocycles. The number of hydrogen-bond acceptors (Lipinski definition) is 7. The van der Waals surface area contributed by atoms with Gasteiger partial charge in [0.05, 0.1) is 24.8 Å². The van der Waals surface area contributed by atoms with Crippen molar-refractivity contribution >= 4 is 12.1 Å². The number of rotatable bonds is 18. The Balaban J connectivity index is 1.37. The van der Waals surface area contributed by atoms with Crippen molar-refractivity contribution in [3.05, 3.63) is 66.2 Å². The molecule has 2 aromatic rings. The lowest BCUT2D eigenvalue weighted by Crippen LogP contribution is -2.15. The summed E-state index contributed by atoms with van der Waals surface area (Å²) in [6.45, 7) is 6.04. The Morgan fingerprint density at radius 3 is 1.71 bits per heavy atom. The van der Waals surface area contributed by atoms with Gasteiger partial charge in [0.1, 0.15) is 19.0 Å². The Bertz CT molecular complexity index is 1020. The van der Waals surface area contributed by atoms with Crippen LogP contribution >= 0.6 is 0 Å². The third kappa shape index (κ3) is 13.0. The van der Waals surface area contributed by atoms with E-state index in [0.29, 0.717) is 17.7 Å². The van der Waals surface area contributed by atoms with Crippen LogP contribution in [0.25, 0.3) is 11.1 Å². The van der Waals surface area contributed by atoms with Gasteiger partial charge in [-0.15, -0.1) is 0 Å². The van der Waals surface area contributed by atoms with Crippen molar-refractivity contribution in [3.63, 3.8) is 0 Å². The highest BCUT2D eigenvalue weighted by molar-refractivity contribution is 5.86. The molecule has 2 rings (SSSR count). The summed E-state index contributed by atoms with van der Waals surface area (Å²) in [5.41, 5.74) is 3.15. The number of carbonyl (C=O) groups excluding carboxylic acids is 2. The number of ether oxygens (including phenoxy) is 4. The van der Waals surface area contributed by atoms with Crippen LogP contribution in [0.15, 0.2) is 60.7 Å². The van der Waals surface area contributed by atoms with E-state index < -0.39 is 12.1 Å². The van der Waals surface area contributed by atoms with Gasteiger partial charge >= 0.3 is 12.1 Å². The van der Waals surface area contributed by atoms with Crippen LogP contribution in [0.4, 0.5) is 4.79 Å². The molecule has 0 N–H and O–H groups in total. The minimum absolute atomic E-state index is 0.0103. The molecule has 0 fully saturated rings. The summed E-state index contributed by atoms with van der Waals surface area (Å²) in [4.78, 5) is 22.6. The molecule has 2 aromatic carbocycles. The van der Waals surface area contributed by atoms with Crippen LogP contribution in [-0.4, -0.2) is 38.6 Å². The van der Waals surface area contributed by atoms with Crippen molar-refractivity contribution in [1.29, 1.82) is 5.26 Å². The second kappa shape index (κ2) is 18.5. The first-order valence-electron chi connectivity index (χ1n) is 13.3. The summed E-state index contributed by atoms with van der Waals surface area (Å²) < 4.78 is 20.5. The third-order valence-electron chi connectivity index (χ3n) is 5.86. The highest BCUT2D eigenvalue weighted by Crippen LogP contribution is 2.23. The van der Waals surface area contributed by atoms with Gasteiger partial charge in [0.2, 0.25) is 0 Å². The maximum atomic E-state index is 11.5. The largest absolute Gasteiger partial charge is 0.508 e. The molecule has 0 aromatic heterocycles. The Morgan fingerprint density at radius 2 is 1.16 bits per heavy atom. The van der Waals surface area contributed by atoms with Gasteiger partial charge in [-0.3, -0.25) is 0 Å². The molecule has 0 amide bonds. The molecule has 0 atom stereocenters. The lowest BCUT2D eigenvalue weighted by molar-refractivity contribution is -0.140. The highest BCUT2D eigenvalue weighted by atomic mass is 16.7. The lowest BCUT2D eigenvalue weighted by atomic mass is 10.0. The number of hydrogen-bond donors (Lipinski definition) is 0. The first-order chi connectivity index (χ1) is 18.5. The van der Waals surface area contributed by atoms with Gasteiger partial charge in [0.15, 0.2) is 0 Å². The monoisotopic (exact) mass is 521 g/mol. The van der Waals surface area contributed by atoms with E-state index in [-0.39, 0.29) is 13.2 Å². The first kappa shape index (κ1) is 30.4. The molecule has 204 valence electrons. The highest BCUT2D eigenvalue weighted by Gasteiger charge is 2.06. The summed E-state index contributed by atoms with van der Waals surface area (Å²) in [5, 5.41) is 8.91. The van der Waals surface area contributed by atoms with Crippen LogP contribution in [-0.2, 0) is 19.0 Å². The van der Waals surface area contributed by atoms with Crippen molar-refractivity contribution < 1.29 is 28.5 Å². The second-order valence-corrected chi connectivity index (χ2v) is 9.11. The first-order valence-corrected chi connectivity index (χ1v) is 13.3. The predicted molar refractivity (Wildman–Crippen MR) is 147 cm³/mol. The van der Waals surface area contributed by atoms with E-state index in [9.17, 15) is 9.59 Å². The number of carbonyl (C=O) groups is 2. The van der Waals surface area contributed by atoms with Gasteiger partial charge in [-0.2, -0.15) is 5.26 Å². The van der Waals surface area contributed by atoms with E-state index >= 15 is 0 Å². The molecule has 0 radical (unpaired) electrons. The molecule has 0 heterocycles. The molecule has 0 unspecified atom stereocenters. The van der Waals surface area contributed by atoms with Crippen LogP contribution in [0, 0.1) is 11.3 Å². The van der Waals surface area contributed by atoms with Gasteiger partial charge in [-0.25, -0.2) is 9.59 Å². The summed E-state index contributed by atoms with van der Waals surface area (Å²) in [6, 6.07) is 17.8. The zero-order valence-electron chi connectivity index (χ0n) is 22.4. The van der Waals surface area contributed by atoms with E-state index in [2.05, 4.69) is 12.6 Å². The predicted octanol–water partition coefficient (Wildman–Crippen LogP) is 7.39. The van der Waals surface area contributed by atoms with Crippen LogP contribution in [0.3, 0.4) is 0 Å². The second-order valence-electron chi connectivity index (χ2n) is 9.11. The molecule has 38 heavy (non-hydrogen) atoms. The molecular weight excluding hydrogens is 482 g/mol. The molecule has 7 heteroatoms.